The second-order valence-electron chi connectivity index (χ2n) is 8.84. The fourth-order valence-corrected chi connectivity index (χ4v) is 5.12. The molecule has 0 aliphatic heterocycles. The highest BCUT2D eigenvalue weighted by Gasteiger charge is 2.40. The Bertz CT molecular complexity index is 1040. The van der Waals surface area contributed by atoms with Crippen molar-refractivity contribution in [2.75, 3.05) is 0 Å². The Hall–Kier alpha value is -2.95. The second-order valence-corrected chi connectivity index (χ2v) is 8.84. The number of aromatic nitrogens is 3. The summed E-state index contributed by atoms with van der Waals surface area (Å²) in [5, 5.41) is 7.86. The normalized spacial score (nSPS) is 22.4. The maximum atomic E-state index is 13.0. The molecule has 30 heavy (non-hydrogen) atoms. The Morgan fingerprint density at radius 1 is 1.07 bits per heavy atom. The molecule has 2 aliphatic rings. The molecule has 3 aromatic rings. The first-order chi connectivity index (χ1) is 14.7. The quantitative estimate of drug-likeness (QED) is 0.672. The van der Waals surface area contributed by atoms with Crippen LogP contribution in [0.2, 0.25) is 0 Å². The Morgan fingerprint density at radius 3 is 2.67 bits per heavy atom. The monoisotopic (exact) mass is 400 g/mol. The van der Waals surface area contributed by atoms with Crippen LogP contribution in [0.4, 0.5) is 0 Å². The van der Waals surface area contributed by atoms with Gasteiger partial charge < -0.3 is 5.32 Å². The van der Waals surface area contributed by atoms with Crippen molar-refractivity contribution in [3.63, 3.8) is 0 Å². The summed E-state index contributed by atoms with van der Waals surface area (Å²) in [5.41, 5.74) is 3.36. The average molecular weight is 401 g/mol. The Labute approximate surface area is 177 Å². The maximum absolute atomic E-state index is 13.0. The number of nitrogens with zero attached hydrogens (tertiary/aromatic N) is 3. The summed E-state index contributed by atoms with van der Waals surface area (Å²) in [6.07, 6.45) is 6.52. The van der Waals surface area contributed by atoms with Crippen LogP contribution in [0.3, 0.4) is 0 Å². The molecule has 5 rings (SSSR count). The molecule has 2 fully saturated rings. The van der Waals surface area contributed by atoms with Crippen LogP contribution in [-0.2, 0) is 12.8 Å². The van der Waals surface area contributed by atoms with Gasteiger partial charge in [-0.3, -0.25) is 4.79 Å². The topological polar surface area (TPSA) is 59.8 Å². The molecule has 154 valence electrons. The number of carbonyl (C=O) groups is 1. The van der Waals surface area contributed by atoms with Gasteiger partial charge in [-0.1, -0.05) is 48.9 Å². The summed E-state index contributed by atoms with van der Waals surface area (Å²) in [7, 11) is 0. The van der Waals surface area contributed by atoms with Gasteiger partial charge in [-0.05, 0) is 67.7 Å². The summed E-state index contributed by atoms with van der Waals surface area (Å²) in [6.45, 7) is 2.06. The van der Waals surface area contributed by atoms with E-state index < -0.39 is 0 Å². The van der Waals surface area contributed by atoms with Crippen molar-refractivity contribution in [1.82, 2.24) is 20.1 Å². The minimum Gasteiger partial charge on any atom is -0.346 e. The molecule has 1 heterocycles. The van der Waals surface area contributed by atoms with Gasteiger partial charge in [-0.25, -0.2) is 9.67 Å². The predicted octanol–water partition coefficient (Wildman–Crippen LogP) is 4.28. The van der Waals surface area contributed by atoms with Crippen LogP contribution in [0.1, 0.15) is 53.3 Å². The van der Waals surface area contributed by atoms with E-state index in [0.29, 0.717) is 5.92 Å². The molecule has 2 aliphatic carbocycles. The fraction of sp³-hybridized carbons (Fsp3) is 0.400. The molecular weight excluding hydrogens is 372 g/mol. The lowest BCUT2D eigenvalue weighted by molar-refractivity contribution is 0.0912. The van der Waals surface area contributed by atoms with Gasteiger partial charge >= 0.3 is 0 Å². The second kappa shape index (κ2) is 8.05. The first kappa shape index (κ1) is 19.0. The zero-order chi connectivity index (χ0) is 20.5. The van der Waals surface area contributed by atoms with Gasteiger partial charge in [0.1, 0.15) is 5.82 Å². The molecule has 2 saturated carbocycles. The van der Waals surface area contributed by atoms with Gasteiger partial charge in [0.15, 0.2) is 0 Å². The van der Waals surface area contributed by atoms with E-state index in [1.165, 1.54) is 24.8 Å². The molecule has 3 atom stereocenters. The van der Waals surface area contributed by atoms with Crippen LogP contribution >= 0.6 is 0 Å². The van der Waals surface area contributed by atoms with E-state index >= 15 is 0 Å². The van der Waals surface area contributed by atoms with Crippen molar-refractivity contribution >= 4 is 5.91 Å². The lowest BCUT2D eigenvalue weighted by atomic mass is 9.95. The van der Waals surface area contributed by atoms with Crippen molar-refractivity contribution in [2.24, 2.45) is 11.8 Å². The summed E-state index contributed by atoms with van der Waals surface area (Å²) in [6, 6.07) is 18.8. The van der Waals surface area contributed by atoms with E-state index in [1.807, 2.05) is 22.9 Å². The molecule has 0 unspecified atom stereocenters. The number of amides is 1. The van der Waals surface area contributed by atoms with Gasteiger partial charge in [-0.15, -0.1) is 5.10 Å². The van der Waals surface area contributed by atoms with Crippen LogP contribution in [0, 0.1) is 18.8 Å². The van der Waals surface area contributed by atoms with Crippen LogP contribution in [0.25, 0.3) is 5.69 Å². The van der Waals surface area contributed by atoms with Gasteiger partial charge in [0.05, 0.1) is 5.69 Å². The molecule has 1 amide bonds. The minimum absolute atomic E-state index is 0.139. The summed E-state index contributed by atoms with van der Waals surface area (Å²) < 4.78 is 1.84. The number of hydrogen-bond acceptors (Lipinski definition) is 3. The zero-order valence-electron chi connectivity index (χ0n) is 17.4. The van der Waals surface area contributed by atoms with Crippen LogP contribution in [-0.4, -0.2) is 26.7 Å². The van der Waals surface area contributed by atoms with Gasteiger partial charge in [0.2, 0.25) is 5.82 Å². The molecule has 2 bridgehead atoms. The van der Waals surface area contributed by atoms with Crippen molar-refractivity contribution in [3.8, 4) is 5.69 Å². The predicted molar refractivity (Wildman–Crippen MR) is 117 cm³/mol. The van der Waals surface area contributed by atoms with E-state index in [-0.39, 0.29) is 17.8 Å². The van der Waals surface area contributed by atoms with Gasteiger partial charge in [0, 0.05) is 12.5 Å². The number of rotatable bonds is 6. The number of carbonyl (C=O) groups excluding carboxylic acids is 1. The standard InChI is InChI=1S/C25H28N4O/c1-17-6-5-9-21(14-17)29-23(13-11-18-7-3-2-4-8-18)27-24(28-29)25(30)26-22-16-19-10-12-20(22)15-19/h2-9,14,19-20,22H,10-13,15-16H2,1H3,(H,26,30)/t19-,20-,22-/m0/s1. The Kier molecular flexibility index (Phi) is 5.11. The average Bonchev–Trinajstić information content (AvgIpc) is 3.49. The first-order valence-corrected chi connectivity index (χ1v) is 11.0. The highest BCUT2D eigenvalue weighted by molar-refractivity contribution is 5.90. The SMILES string of the molecule is Cc1cccc(-n2nc(C(=O)N[C@H]3C[C@H]4CC[C@H]3C4)nc2CCc2ccccc2)c1. The van der Waals surface area contributed by atoms with Crippen molar-refractivity contribution < 1.29 is 4.79 Å². The fourth-order valence-electron chi connectivity index (χ4n) is 5.12. The summed E-state index contributed by atoms with van der Waals surface area (Å²) in [5.74, 6) is 2.39. The molecular formula is C25H28N4O. The maximum Gasteiger partial charge on any atom is 0.291 e. The molecule has 1 N–H and O–H groups in total. The molecule has 0 radical (unpaired) electrons. The van der Waals surface area contributed by atoms with Crippen LogP contribution in [0.15, 0.2) is 54.6 Å². The molecule has 2 aromatic carbocycles. The van der Waals surface area contributed by atoms with E-state index in [2.05, 4.69) is 58.7 Å². The van der Waals surface area contributed by atoms with Gasteiger partial charge in [-0.2, -0.15) is 0 Å². The molecule has 5 nitrogen and oxygen atoms in total. The first-order valence-electron chi connectivity index (χ1n) is 11.0. The third-order valence-corrected chi connectivity index (χ3v) is 6.66. The number of hydrogen-bond donors (Lipinski definition) is 1. The largest absolute Gasteiger partial charge is 0.346 e. The van der Waals surface area contributed by atoms with Crippen LogP contribution < -0.4 is 5.32 Å². The van der Waals surface area contributed by atoms with Crippen molar-refractivity contribution in [3.05, 3.63) is 77.4 Å². The third kappa shape index (κ3) is 3.89. The third-order valence-electron chi connectivity index (χ3n) is 6.66. The highest BCUT2D eigenvalue weighted by atomic mass is 16.2. The summed E-state index contributed by atoms with van der Waals surface area (Å²) in [4.78, 5) is 17.6. The Morgan fingerprint density at radius 2 is 1.93 bits per heavy atom. The van der Waals surface area contributed by atoms with Crippen LogP contribution in [0.5, 0.6) is 0 Å². The Balaban J connectivity index is 1.39. The van der Waals surface area contributed by atoms with E-state index in [4.69, 9.17) is 0 Å². The lowest BCUT2D eigenvalue weighted by Crippen LogP contribution is -2.39. The van der Waals surface area contributed by atoms with E-state index in [9.17, 15) is 4.79 Å². The smallest absolute Gasteiger partial charge is 0.291 e. The van der Waals surface area contributed by atoms with Crippen molar-refractivity contribution in [1.29, 1.82) is 0 Å². The molecule has 0 saturated heterocycles. The zero-order valence-corrected chi connectivity index (χ0v) is 17.4. The number of fused-ring (bicyclic) bond motifs is 2. The molecule has 1 aromatic heterocycles. The molecule has 0 spiro atoms. The lowest BCUT2D eigenvalue weighted by Gasteiger charge is -2.22. The summed E-state index contributed by atoms with van der Waals surface area (Å²) >= 11 is 0. The number of nitrogens with one attached hydrogen (secondary N) is 1. The number of benzene rings is 2. The van der Waals surface area contributed by atoms with Crippen molar-refractivity contribution in [2.45, 2.75) is 51.5 Å². The minimum atomic E-state index is -0.139. The van der Waals surface area contributed by atoms with E-state index in [0.717, 1.165) is 42.3 Å². The van der Waals surface area contributed by atoms with E-state index in [1.54, 1.807) is 0 Å². The molecule has 5 heteroatoms. The van der Waals surface area contributed by atoms with Gasteiger partial charge in [0.25, 0.3) is 5.91 Å². The highest BCUT2D eigenvalue weighted by Crippen LogP contribution is 2.44. The number of aryl methyl sites for hydroxylation is 3.